The molecular weight excluding hydrogens is 336 g/mol. The molecule has 2 aliphatic rings. The molecule has 0 radical (unpaired) electrons. The predicted molar refractivity (Wildman–Crippen MR) is 108 cm³/mol. The van der Waals surface area contributed by atoms with E-state index in [1.807, 2.05) is 6.07 Å². The minimum atomic E-state index is -1.39. The normalized spacial score (nSPS) is 32.1. The van der Waals surface area contributed by atoms with Crippen molar-refractivity contribution in [3.05, 3.63) is 48.0 Å². The Bertz CT molecular complexity index is 678. The molecule has 1 unspecified atom stereocenters. The van der Waals surface area contributed by atoms with Gasteiger partial charge < -0.3 is 9.84 Å². The van der Waals surface area contributed by atoms with Gasteiger partial charge in [-0.25, -0.2) is 4.79 Å². The standard InChI is InChI=1S/C24H34O3/c1-17-12-13-20(23(3,4)19-10-6-5-7-11-19)21(15-17)27-22(25)24(26)14-8-9-18(2)16-24/h5-7,10-11,17,20-21,26H,2,8-9,12-16H2,1,3-4H3/t17-,20-,21-,24?/m1/s1. The summed E-state index contributed by atoms with van der Waals surface area (Å²) in [6.07, 6.45) is 5.38. The molecular formula is C24H34O3. The van der Waals surface area contributed by atoms with Gasteiger partial charge in [0.15, 0.2) is 5.60 Å². The van der Waals surface area contributed by atoms with Crippen LogP contribution in [-0.2, 0) is 14.9 Å². The van der Waals surface area contributed by atoms with Gasteiger partial charge in [0.05, 0.1) is 0 Å². The lowest BCUT2D eigenvalue weighted by Crippen LogP contribution is -2.48. The van der Waals surface area contributed by atoms with E-state index in [2.05, 4.69) is 51.6 Å². The molecule has 0 heterocycles. The van der Waals surface area contributed by atoms with Crippen molar-refractivity contribution in [2.45, 2.75) is 82.8 Å². The zero-order chi connectivity index (χ0) is 19.7. The van der Waals surface area contributed by atoms with Crippen molar-refractivity contribution in [1.29, 1.82) is 0 Å². The van der Waals surface area contributed by atoms with E-state index in [0.29, 0.717) is 18.8 Å². The summed E-state index contributed by atoms with van der Waals surface area (Å²) in [5, 5.41) is 10.9. The van der Waals surface area contributed by atoms with Crippen molar-refractivity contribution < 1.29 is 14.6 Å². The van der Waals surface area contributed by atoms with Crippen LogP contribution < -0.4 is 0 Å². The number of rotatable bonds is 4. The highest BCUT2D eigenvalue weighted by atomic mass is 16.6. The molecule has 148 valence electrons. The van der Waals surface area contributed by atoms with E-state index in [4.69, 9.17) is 4.74 Å². The van der Waals surface area contributed by atoms with Crippen LogP contribution in [0.15, 0.2) is 42.5 Å². The Morgan fingerprint density at radius 3 is 2.63 bits per heavy atom. The number of ether oxygens (including phenoxy) is 1. The fourth-order valence-electron chi connectivity index (χ4n) is 5.01. The van der Waals surface area contributed by atoms with Gasteiger partial charge >= 0.3 is 5.97 Å². The summed E-state index contributed by atoms with van der Waals surface area (Å²) in [5.41, 5.74) is 0.733. The predicted octanol–water partition coefficient (Wildman–Crippen LogP) is 5.17. The van der Waals surface area contributed by atoms with Gasteiger partial charge in [-0.15, -0.1) is 0 Å². The first kappa shape index (κ1) is 20.1. The molecule has 3 rings (SSSR count). The van der Waals surface area contributed by atoms with Crippen molar-refractivity contribution in [2.75, 3.05) is 0 Å². The second-order valence-electron chi connectivity index (χ2n) is 9.37. The number of esters is 1. The topological polar surface area (TPSA) is 46.5 Å². The molecule has 1 aromatic rings. The molecule has 0 amide bonds. The summed E-state index contributed by atoms with van der Waals surface area (Å²) in [7, 11) is 0. The molecule has 2 saturated carbocycles. The smallest absolute Gasteiger partial charge is 0.338 e. The maximum absolute atomic E-state index is 12.9. The Morgan fingerprint density at radius 1 is 1.26 bits per heavy atom. The van der Waals surface area contributed by atoms with Gasteiger partial charge in [0.1, 0.15) is 6.10 Å². The molecule has 3 nitrogen and oxygen atoms in total. The summed E-state index contributed by atoms with van der Waals surface area (Å²) in [6, 6.07) is 10.5. The summed E-state index contributed by atoms with van der Waals surface area (Å²) >= 11 is 0. The highest BCUT2D eigenvalue weighted by molar-refractivity contribution is 5.80. The van der Waals surface area contributed by atoms with Crippen molar-refractivity contribution in [3.63, 3.8) is 0 Å². The molecule has 0 aromatic heterocycles. The molecule has 1 N–H and O–H groups in total. The van der Waals surface area contributed by atoms with Crippen LogP contribution in [0.25, 0.3) is 0 Å². The third-order valence-corrected chi connectivity index (χ3v) is 6.80. The zero-order valence-corrected chi connectivity index (χ0v) is 17.0. The highest BCUT2D eigenvalue weighted by Crippen LogP contribution is 2.44. The number of hydrogen-bond acceptors (Lipinski definition) is 3. The quantitative estimate of drug-likeness (QED) is 0.587. The molecule has 1 aromatic carbocycles. The summed E-state index contributed by atoms with van der Waals surface area (Å²) in [4.78, 5) is 12.9. The van der Waals surface area contributed by atoms with E-state index in [1.165, 1.54) is 5.56 Å². The highest BCUT2D eigenvalue weighted by Gasteiger charge is 2.46. The second-order valence-corrected chi connectivity index (χ2v) is 9.37. The average Bonchev–Trinajstić information content (AvgIpc) is 2.62. The minimum Gasteiger partial charge on any atom is -0.460 e. The Kier molecular flexibility index (Phi) is 5.81. The first-order valence-corrected chi connectivity index (χ1v) is 10.4. The van der Waals surface area contributed by atoms with Crippen LogP contribution in [0.3, 0.4) is 0 Å². The van der Waals surface area contributed by atoms with Crippen LogP contribution in [-0.4, -0.2) is 22.8 Å². The Morgan fingerprint density at radius 2 is 1.96 bits per heavy atom. The molecule has 2 aliphatic carbocycles. The monoisotopic (exact) mass is 370 g/mol. The minimum absolute atomic E-state index is 0.0921. The first-order valence-electron chi connectivity index (χ1n) is 10.4. The van der Waals surface area contributed by atoms with Crippen LogP contribution in [0.2, 0.25) is 0 Å². The lowest BCUT2D eigenvalue weighted by Gasteiger charge is -2.45. The summed E-state index contributed by atoms with van der Waals surface area (Å²) in [5.74, 6) is 0.327. The van der Waals surface area contributed by atoms with Crippen molar-refractivity contribution in [1.82, 2.24) is 0 Å². The fraction of sp³-hybridized carbons (Fsp3) is 0.625. The molecule has 2 fully saturated rings. The number of hydrogen-bond donors (Lipinski definition) is 1. The average molecular weight is 371 g/mol. The maximum Gasteiger partial charge on any atom is 0.338 e. The van der Waals surface area contributed by atoms with Crippen LogP contribution in [0, 0.1) is 11.8 Å². The molecule has 0 bridgehead atoms. The zero-order valence-electron chi connectivity index (χ0n) is 17.0. The number of benzene rings is 1. The Hall–Kier alpha value is -1.61. The SMILES string of the molecule is C=C1CCCC(O)(C(=O)O[C@@H]2C[C@H](C)CC[C@H]2C(C)(C)c2ccccc2)C1. The van der Waals surface area contributed by atoms with Crippen LogP contribution >= 0.6 is 0 Å². The van der Waals surface area contributed by atoms with E-state index >= 15 is 0 Å². The van der Waals surface area contributed by atoms with Gasteiger partial charge in [-0.3, -0.25) is 0 Å². The third-order valence-electron chi connectivity index (χ3n) is 6.80. The molecule has 0 spiro atoms. The van der Waals surface area contributed by atoms with Gasteiger partial charge in [0.25, 0.3) is 0 Å². The van der Waals surface area contributed by atoms with Gasteiger partial charge in [-0.1, -0.05) is 69.7 Å². The van der Waals surface area contributed by atoms with Crippen molar-refractivity contribution >= 4 is 5.97 Å². The fourth-order valence-corrected chi connectivity index (χ4v) is 5.01. The van der Waals surface area contributed by atoms with E-state index in [1.54, 1.807) is 0 Å². The summed E-state index contributed by atoms with van der Waals surface area (Å²) in [6.45, 7) is 10.7. The molecule has 27 heavy (non-hydrogen) atoms. The lowest BCUT2D eigenvalue weighted by atomic mass is 9.64. The number of carbonyl (C=O) groups excluding carboxylic acids is 1. The number of aliphatic hydroxyl groups is 1. The lowest BCUT2D eigenvalue weighted by molar-refractivity contribution is -0.180. The molecule has 4 atom stereocenters. The van der Waals surface area contributed by atoms with E-state index in [0.717, 1.165) is 37.7 Å². The van der Waals surface area contributed by atoms with E-state index < -0.39 is 11.6 Å². The Labute approximate surface area is 163 Å². The van der Waals surface area contributed by atoms with Gasteiger partial charge in [-0.2, -0.15) is 0 Å². The van der Waals surface area contributed by atoms with Crippen molar-refractivity contribution in [2.24, 2.45) is 11.8 Å². The van der Waals surface area contributed by atoms with Crippen molar-refractivity contribution in [3.8, 4) is 0 Å². The second kappa shape index (κ2) is 7.79. The van der Waals surface area contributed by atoms with Gasteiger partial charge in [0, 0.05) is 12.3 Å². The van der Waals surface area contributed by atoms with E-state index in [9.17, 15) is 9.90 Å². The van der Waals surface area contributed by atoms with Crippen LogP contribution in [0.1, 0.15) is 71.3 Å². The van der Waals surface area contributed by atoms with Gasteiger partial charge in [-0.05, 0) is 49.0 Å². The molecule has 0 saturated heterocycles. The number of carbonyl (C=O) groups is 1. The first-order chi connectivity index (χ1) is 12.7. The summed E-state index contributed by atoms with van der Waals surface area (Å²) < 4.78 is 6.04. The largest absolute Gasteiger partial charge is 0.460 e. The molecule has 3 heteroatoms. The maximum atomic E-state index is 12.9. The van der Waals surface area contributed by atoms with Crippen LogP contribution in [0.4, 0.5) is 0 Å². The van der Waals surface area contributed by atoms with Gasteiger partial charge in [0.2, 0.25) is 0 Å². The molecule has 0 aliphatic heterocycles. The third kappa shape index (κ3) is 4.29. The van der Waals surface area contributed by atoms with Crippen LogP contribution in [0.5, 0.6) is 0 Å². The van der Waals surface area contributed by atoms with E-state index in [-0.39, 0.29) is 17.4 Å². The Balaban J connectivity index is 1.80.